The molecule has 22 heavy (non-hydrogen) atoms. The van der Waals surface area contributed by atoms with Gasteiger partial charge in [-0.3, -0.25) is 4.79 Å². The number of amides is 3. The van der Waals surface area contributed by atoms with Crippen LogP contribution in [-0.4, -0.2) is 11.9 Å². The fraction of sp³-hybridized carbons (Fsp3) is 0.176. The Labute approximate surface area is 129 Å². The van der Waals surface area contributed by atoms with E-state index in [2.05, 4.69) is 10.6 Å². The van der Waals surface area contributed by atoms with Crippen LogP contribution in [0.1, 0.15) is 27.0 Å². The first-order valence-corrected chi connectivity index (χ1v) is 6.96. The van der Waals surface area contributed by atoms with E-state index < -0.39 is 5.91 Å². The number of carbonyl (C=O) groups excluding carboxylic acids is 2. The third kappa shape index (κ3) is 4.09. The van der Waals surface area contributed by atoms with Gasteiger partial charge in [-0.15, -0.1) is 0 Å². The maximum Gasteiger partial charge on any atom is 0.319 e. The normalized spacial score (nSPS) is 10.1. The second-order valence-electron chi connectivity index (χ2n) is 5.19. The number of carbonyl (C=O) groups is 2. The van der Waals surface area contributed by atoms with E-state index in [-0.39, 0.29) is 6.03 Å². The van der Waals surface area contributed by atoms with Gasteiger partial charge in [0, 0.05) is 17.8 Å². The molecule has 0 aliphatic rings. The van der Waals surface area contributed by atoms with Gasteiger partial charge in [0.05, 0.1) is 0 Å². The number of urea groups is 1. The molecule has 0 saturated heterocycles. The Kier molecular flexibility index (Phi) is 4.78. The van der Waals surface area contributed by atoms with Gasteiger partial charge in [0.25, 0.3) is 0 Å². The fourth-order valence-electron chi connectivity index (χ4n) is 2.14. The van der Waals surface area contributed by atoms with Gasteiger partial charge in [0.1, 0.15) is 0 Å². The number of anilines is 1. The van der Waals surface area contributed by atoms with Crippen LogP contribution < -0.4 is 16.4 Å². The van der Waals surface area contributed by atoms with Crippen LogP contribution in [0.5, 0.6) is 0 Å². The molecule has 3 amide bonds. The van der Waals surface area contributed by atoms with Gasteiger partial charge >= 0.3 is 6.03 Å². The fourth-order valence-corrected chi connectivity index (χ4v) is 2.14. The molecule has 0 heterocycles. The molecule has 0 saturated carbocycles. The summed E-state index contributed by atoms with van der Waals surface area (Å²) < 4.78 is 0. The Bertz CT molecular complexity index is 711. The minimum atomic E-state index is -0.513. The number of primary amides is 1. The molecule has 0 aliphatic carbocycles. The van der Waals surface area contributed by atoms with Crippen molar-refractivity contribution >= 4 is 17.6 Å². The number of nitrogens with two attached hydrogens (primary N) is 1. The number of nitrogens with one attached hydrogen (secondary N) is 2. The molecule has 2 aromatic carbocycles. The molecule has 0 atom stereocenters. The second-order valence-corrected chi connectivity index (χ2v) is 5.19. The van der Waals surface area contributed by atoms with Gasteiger partial charge in [0.15, 0.2) is 0 Å². The minimum absolute atomic E-state index is 0.333. The summed E-state index contributed by atoms with van der Waals surface area (Å²) in [4.78, 5) is 23.2. The van der Waals surface area contributed by atoms with Crippen LogP contribution in [0.25, 0.3) is 0 Å². The van der Waals surface area contributed by atoms with Crippen molar-refractivity contribution in [1.82, 2.24) is 5.32 Å². The van der Waals surface area contributed by atoms with Gasteiger partial charge < -0.3 is 16.4 Å². The SMILES string of the molecule is Cc1cccc(CNC(=O)Nc2ccc(C)c(C(N)=O)c2)c1. The molecule has 2 rings (SSSR count). The maximum atomic E-state index is 11.9. The Morgan fingerprint density at radius 2 is 1.86 bits per heavy atom. The zero-order valence-electron chi connectivity index (χ0n) is 12.6. The zero-order chi connectivity index (χ0) is 16.1. The third-order valence-corrected chi connectivity index (χ3v) is 3.30. The molecule has 0 radical (unpaired) electrons. The van der Waals surface area contributed by atoms with Crippen molar-refractivity contribution in [3.63, 3.8) is 0 Å². The molecular formula is C17H19N3O2. The lowest BCUT2D eigenvalue weighted by molar-refractivity contribution is 0.0999. The van der Waals surface area contributed by atoms with Crippen molar-refractivity contribution in [1.29, 1.82) is 0 Å². The highest BCUT2D eigenvalue weighted by molar-refractivity contribution is 5.97. The summed E-state index contributed by atoms with van der Waals surface area (Å²) in [7, 11) is 0. The topological polar surface area (TPSA) is 84.2 Å². The molecule has 0 unspecified atom stereocenters. The molecule has 0 aromatic heterocycles. The van der Waals surface area contributed by atoms with Crippen molar-refractivity contribution in [3.8, 4) is 0 Å². The molecule has 114 valence electrons. The largest absolute Gasteiger partial charge is 0.366 e. The molecule has 0 spiro atoms. The highest BCUT2D eigenvalue weighted by atomic mass is 16.2. The van der Waals surface area contributed by atoms with E-state index in [1.165, 1.54) is 0 Å². The van der Waals surface area contributed by atoms with Crippen molar-refractivity contribution in [3.05, 3.63) is 64.7 Å². The Hall–Kier alpha value is -2.82. The smallest absolute Gasteiger partial charge is 0.319 e. The average Bonchev–Trinajstić information content (AvgIpc) is 2.47. The number of benzene rings is 2. The first-order valence-electron chi connectivity index (χ1n) is 6.96. The predicted octanol–water partition coefficient (Wildman–Crippen LogP) is 2.72. The van der Waals surface area contributed by atoms with E-state index in [9.17, 15) is 9.59 Å². The molecule has 0 bridgehead atoms. The lowest BCUT2D eigenvalue weighted by Gasteiger charge is -2.10. The minimum Gasteiger partial charge on any atom is -0.366 e. The lowest BCUT2D eigenvalue weighted by Crippen LogP contribution is -2.28. The van der Waals surface area contributed by atoms with Crippen molar-refractivity contribution in [2.24, 2.45) is 5.73 Å². The summed E-state index contributed by atoms with van der Waals surface area (Å²) in [5.74, 6) is -0.513. The maximum absolute atomic E-state index is 11.9. The molecular weight excluding hydrogens is 278 g/mol. The molecule has 0 aliphatic heterocycles. The van der Waals surface area contributed by atoms with Crippen LogP contribution in [0, 0.1) is 13.8 Å². The number of hydrogen-bond acceptors (Lipinski definition) is 2. The quantitative estimate of drug-likeness (QED) is 0.810. The highest BCUT2D eigenvalue weighted by Crippen LogP contribution is 2.14. The zero-order valence-corrected chi connectivity index (χ0v) is 12.6. The van der Waals surface area contributed by atoms with Crippen molar-refractivity contribution < 1.29 is 9.59 Å². The Balaban J connectivity index is 1.97. The van der Waals surface area contributed by atoms with Gasteiger partial charge in [0.2, 0.25) is 5.91 Å². The monoisotopic (exact) mass is 297 g/mol. The van der Waals surface area contributed by atoms with Crippen molar-refractivity contribution in [2.75, 3.05) is 5.32 Å². The Morgan fingerprint density at radius 1 is 1.09 bits per heavy atom. The van der Waals surface area contributed by atoms with E-state index in [0.29, 0.717) is 17.8 Å². The number of hydrogen-bond donors (Lipinski definition) is 3. The predicted molar refractivity (Wildman–Crippen MR) is 86.7 cm³/mol. The number of aryl methyl sites for hydroxylation is 2. The summed E-state index contributed by atoms with van der Waals surface area (Å²) in [6.45, 7) is 4.23. The van der Waals surface area contributed by atoms with E-state index in [1.54, 1.807) is 25.1 Å². The van der Waals surface area contributed by atoms with E-state index in [4.69, 9.17) is 5.73 Å². The summed E-state index contributed by atoms with van der Waals surface area (Å²) >= 11 is 0. The van der Waals surface area contributed by atoms with Crippen LogP contribution in [0.4, 0.5) is 10.5 Å². The standard InChI is InChI=1S/C17H19N3O2/c1-11-4-3-5-13(8-11)10-19-17(22)20-14-7-6-12(2)15(9-14)16(18)21/h3-9H,10H2,1-2H3,(H2,18,21)(H2,19,20,22). The second kappa shape index (κ2) is 6.76. The Morgan fingerprint density at radius 3 is 2.55 bits per heavy atom. The molecule has 2 aromatic rings. The summed E-state index contributed by atoms with van der Waals surface area (Å²) in [6, 6.07) is 12.6. The van der Waals surface area contributed by atoms with E-state index in [1.807, 2.05) is 31.2 Å². The summed E-state index contributed by atoms with van der Waals surface area (Å²) in [5, 5.41) is 5.46. The van der Waals surface area contributed by atoms with Crippen LogP contribution in [-0.2, 0) is 6.54 Å². The highest BCUT2D eigenvalue weighted by Gasteiger charge is 2.08. The van der Waals surface area contributed by atoms with Crippen LogP contribution in [0.3, 0.4) is 0 Å². The van der Waals surface area contributed by atoms with Gasteiger partial charge in [-0.05, 0) is 37.1 Å². The first-order chi connectivity index (χ1) is 10.5. The molecule has 5 nitrogen and oxygen atoms in total. The molecule has 5 heteroatoms. The summed E-state index contributed by atoms with van der Waals surface area (Å²) in [6.07, 6.45) is 0. The lowest BCUT2D eigenvalue weighted by atomic mass is 10.1. The van der Waals surface area contributed by atoms with Gasteiger partial charge in [-0.25, -0.2) is 4.79 Å². The summed E-state index contributed by atoms with van der Waals surface area (Å²) in [5.41, 5.74) is 9.17. The molecule has 4 N–H and O–H groups in total. The van der Waals surface area contributed by atoms with E-state index in [0.717, 1.165) is 16.7 Å². The van der Waals surface area contributed by atoms with Crippen LogP contribution >= 0.6 is 0 Å². The van der Waals surface area contributed by atoms with Gasteiger partial charge in [-0.1, -0.05) is 35.9 Å². The van der Waals surface area contributed by atoms with Crippen LogP contribution in [0.2, 0.25) is 0 Å². The van der Waals surface area contributed by atoms with E-state index >= 15 is 0 Å². The first kappa shape index (κ1) is 15.6. The average molecular weight is 297 g/mol. The van der Waals surface area contributed by atoms with Gasteiger partial charge in [-0.2, -0.15) is 0 Å². The number of rotatable bonds is 4. The third-order valence-electron chi connectivity index (χ3n) is 3.30. The van der Waals surface area contributed by atoms with Crippen molar-refractivity contribution in [2.45, 2.75) is 20.4 Å². The molecule has 0 fully saturated rings. The van der Waals surface area contributed by atoms with Crippen LogP contribution in [0.15, 0.2) is 42.5 Å².